The van der Waals surface area contributed by atoms with Crippen molar-refractivity contribution >= 4 is 17.7 Å². The lowest BCUT2D eigenvalue weighted by Crippen LogP contribution is -2.19. The highest BCUT2D eigenvalue weighted by Crippen LogP contribution is 2.21. The lowest BCUT2D eigenvalue weighted by atomic mass is 10.1. The van der Waals surface area contributed by atoms with E-state index < -0.39 is 18.0 Å². The molecule has 6 heteroatoms. The third kappa shape index (κ3) is 3.81. The molecule has 1 N–H and O–H groups in total. The monoisotopic (exact) mass is 269 g/mol. The molecule has 0 aromatic carbocycles. The number of carbonyl (C=O) groups is 2. The molecule has 1 aliphatic rings. The van der Waals surface area contributed by atoms with Gasteiger partial charge >= 0.3 is 11.9 Å². The molecule has 0 bridgehead atoms. The van der Waals surface area contributed by atoms with Gasteiger partial charge < -0.3 is 14.6 Å². The predicted molar refractivity (Wildman–Crippen MR) is 69.1 cm³/mol. The minimum absolute atomic E-state index is 0.0497. The average molecular weight is 269 g/mol. The van der Waals surface area contributed by atoms with Crippen LogP contribution in [0.25, 0.3) is 0 Å². The normalized spacial score (nSPS) is 19.5. The zero-order valence-corrected chi connectivity index (χ0v) is 11.4. The van der Waals surface area contributed by atoms with E-state index in [2.05, 4.69) is 4.99 Å². The quantitative estimate of drug-likeness (QED) is 0.465. The van der Waals surface area contributed by atoms with Gasteiger partial charge in [-0.25, -0.2) is 9.59 Å². The van der Waals surface area contributed by atoms with Crippen molar-refractivity contribution in [3.05, 3.63) is 11.3 Å². The Kier molecular flexibility index (Phi) is 5.54. The molecule has 106 valence electrons. The summed E-state index contributed by atoms with van der Waals surface area (Å²) < 4.78 is 9.75. The summed E-state index contributed by atoms with van der Waals surface area (Å²) in [5.41, 5.74) is 0.449. The Hall–Kier alpha value is -1.85. The molecular formula is C13H19NO5. The molecule has 0 saturated heterocycles. The first kappa shape index (κ1) is 15.2. The van der Waals surface area contributed by atoms with Gasteiger partial charge in [0, 0.05) is 0 Å². The molecule has 0 aromatic rings. The number of esters is 2. The van der Waals surface area contributed by atoms with Gasteiger partial charge in [-0.05, 0) is 33.6 Å². The number of hydrogen-bond acceptors (Lipinski definition) is 6. The van der Waals surface area contributed by atoms with Gasteiger partial charge in [0.1, 0.15) is 17.4 Å². The number of aliphatic hydroxyl groups excluding tert-OH is 1. The van der Waals surface area contributed by atoms with Crippen LogP contribution in [0.5, 0.6) is 0 Å². The van der Waals surface area contributed by atoms with E-state index in [1.807, 2.05) is 0 Å². The maximum atomic E-state index is 11.7. The van der Waals surface area contributed by atoms with E-state index in [9.17, 15) is 14.7 Å². The lowest BCUT2D eigenvalue weighted by molar-refractivity contribution is -0.144. The fraction of sp³-hybridized carbons (Fsp3) is 0.615. The molecule has 0 aliphatic carbocycles. The summed E-state index contributed by atoms with van der Waals surface area (Å²) in [6.07, 6.45) is 0.917. The number of ether oxygens (including phenoxy) is 2. The highest BCUT2D eigenvalue weighted by molar-refractivity contribution is 6.21. The van der Waals surface area contributed by atoms with Gasteiger partial charge in [-0.15, -0.1) is 0 Å². The average Bonchev–Trinajstić information content (AvgIpc) is 2.78. The number of hydrogen-bond donors (Lipinski definition) is 1. The van der Waals surface area contributed by atoms with Gasteiger partial charge in [-0.3, -0.25) is 4.99 Å². The second kappa shape index (κ2) is 6.92. The molecule has 0 spiro atoms. The van der Waals surface area contributed by atoms with Crippen molar-refractivity contribution in [3.63, 3.8) is 0 Å². The zero-order chi connectivity index (χ0) is 14.4. The van der Waals surface area contributed by atoms with Crippen LogP contribution in [0.1, 0.15) is 33.6 Å². The summed E-state index contributed by atoms with van der Waals surface area (Å²) in [5.74, 6) is -1.18. The number of aliphatic hydroxyl groups is 1. The highest BCUT2D eigenvalue weighted by Gasteiger charge is 2.30. The number of carbonyl (C=O) groups excluding carboxylic acids is 2. The van der Waals surface area contributed by atoms with Gasteiger partial charge in [0.05, 0.1) is 18.9 Å². The predicted octanol–water partition coefficient (Wildman–Crippen LogP) is 1.55. The number of aliphatic imine (C=N–C) groups is 1. The molecule has 6 nitrogen and oxygen atoms in total. The molecule has 1 heterocycles. The highest BCUT2D eigenvalue weighted by atomic mass is 16.5. The van der Waals surface area contributed by atoms with Crippen LogP contribution in [0.15, 0.2) is 16.3 Å². The molecule has 19 heavy (non-hydrogen) atoms. The summed E-state index contributed by atoms with van der Waals surface area (Å²) in [4.78, 5) is 27.4. The second-order valence-electron chi connectivity index (χ2n) is 4.06. The van der Waals surface area contributed by atoms with E-state index in [0.29, 0.717) is 25.2 Å². The van der Waals surface area contributed by atoms with Gasteiger partial charge in [-0.2, -0.15) is 0 Å². The standard InChI is InChI=1S/C13H19NO5/c1-4-18-12(16)10-7-6-9(14-10)11(8(3)15)13(17)19-5-2/h10,15H,4-7H2,1-3H3/b11-8+/t10-/m0/s1. The first-order valence-electron chi connectivity index (χ1n) is 6.31. The van der Waals surface area contributed by atoms with Crippen molar-refractivity contribution < 1.29 is 24.2 Å². The topological polar surface area (TPSA) is 85.2 Å². The number of allylic oxidation sites excluding steroid dienone is 1. The number of rotatable bonds is 5. The first-order valence-corrected chi connectivity index (χ1v) is 6.31. The largest absolute Gasteiger partial charge is 0.512 e. The zero-order valence-electron chi connectivity index (χ0n) is 11.4. The van der Waals surface area contributed by atoms with Crippen LogP contribution in [-0.2, 0) is 19.1 Å². The van der Waals surface area contributed by atoms with Crippen LogP contribution in [0.2, 0.25) is 0 Å². The van der Waals surface area contributed by atoms with Crippen molar-refractivity contribution in [3.8, 4) is 0 Å². The number of nitrogens with zero attached hydrogens (tertiary/aromatic N) is 1. The Morgan fingerprint density at radius 2 is 1.95 bits per heavy atom. The van der Waals surface area contributed by atoms with Crippen molar-refractivity contribution in [1.82, 2.24) is 0 Å². The maximum absolute atomic E-state index is 11.7. The Balaban J connectivity index is 2.89. The van der Waals surface area contributed by atoms with E-state index in [4.69, 9.17) is 9.47 Å². The Labute approximate surface area is 112 Å². The van der Waals surface area contributed by atoms with E-state index in [1.165, 1.54) is 6.92 Å². The Morgan fingerprint density at radius 3 is 2.47 bits per heavy atom. The molecule has 0 amide bonds. The van der Waals surface area contributed by atoms with Crippen LogP contribution in [0, 0.1) is 0 Å². The fourth-order valence-electron chi connectivity index (χ4n) is 1.87. The molecule has 1 rings (SSSR count). The van der Waals surface area contributed by atoms with E-state index in [0.717, 1.165) is 0 Å². The van der Waals surface area contributed by atoms with Gasteiger partial charge in [0.25, 0.3) is 0 Å². The molecule has 1 aliphatic heterocycles. The van der Waals surface area contributed by atoms with Crippen LogP contribution in [0.3, 0.4) is 0 Å². The van der Waals surface area contributed by atoms with Gasteiger partial charge in [0.15, 0.2) is 0 Å². The van der Waals surface area contributed by atoms with Gasteiger partial charge in [-0.1, -0.05) is 0 Å². The Bertz CT molecular complexity index is 421. The SMILES string of the molecule is CCOC(=O)/C(C1=N[C@H](C(=O)OCC)CC1)=C(\C)O. The van der Waals surface area contributed by atoms with Crippen LogP contribution in [-0.4, -0.2) is 42.0 Å². The van der Waals surface area contributed by atoms with Crippen LogP contribution < -0.4 is 0 Å². The fourth-order valence-corrected chi connectivity index (χ4v) is 1.87. The minimum Gasteiger partial charge on any atom is -0.512 e. The van der Waals surface area contributed by atoms with E-state index in [1.54, 1.807) is 13.8 Å². The summed E-state index contributed by atoms with van der Waals surface area (Å²) in [6.45, 7) is 5.30. The van der Waals surface area contributed by atoms with E-state index in [-0.39, 0.29) is 17.9 Å². The van der Waals surface area contributed by atoms with Crippen LogP contribution >= 0.6 is 0 Å². The van der Waals surface area contributed by atoms with Crippen molar-refractivity contribution in [2.45, 2.75) is 39.7 Å². The van der Waals surface area contributed by atoms with Crippen molar-refractivity contribution in [1.29, 1.82) is 0 Å². The molecule has 0 radical (unpaired) electrons. The summed E-state index contributed by atoms with van der Waals surface area (Å²) in [6, 6.07) is -0.598. The molecule has 1 atom stereocenters. The third-order valence-corrected chi connectivity index (χ3v) is 2.65. The maximum Gasteiger partial charge on any atom is 0.343 e. The van der Waals surface area contributed by atoms with Crippen molar-refractivity contribution in [2.75, 3.05) is 13.2 Å². The summed E-state index contributed by atoms with van der Waals surface area (Å²) in [5, 5.41) is 9.58. The Morgan fingerprint density at radius 1 is 1.32 bits per heavy atom. The second-order valence-corrected chi connectivity index (χ2v) is 4.06. The molecule has 0 saturated carbocycles. The first-order chi connectivity index (χ1) is 9.01. The van der Waals surface area contributed by atoms with E-state index >= 15 is 0 Å². The third-order valence-electron chi connectivity index (χ3n) is 2.65. The molecule has 0 aromatic heterocycles. The minimum atomic E-state index is -0.620. The summed E-state index contributed by atoms with van der Waals surface area (Å²) in [7, 11) is 0. The van der Waals surface area contributed by atoms with Crippen molar-refractivity contribution in [2.24, 2.45) is 4.99 Å². The lowest BCUT2D eigenvalue weighted by Gasteiger charge is -2.07. The summed E-state index contributed by atoms with van der Waals surface area (Å²) >= 11 is 0. The smallest absolute Gasteiger partial charge is 0.343 e. The molecule has 0 fully saturated rings. The molecule has 0 unspecified atom stereocenters. The van der Waals surface area contributed by atoms with Gasteiger partial charge in [0.2, 0.25) is 0 Å². The van der Waals surface area contributed by atoms with Crippen LogP contribution in [0.4, 0.5) is 0 Å². The molecular weight excluding hydrogens is 250 g/mol.